The van der Waals surface area contributed by atoms with Crippen LogP contribution in [0, 0.1) is 0 Å². The Labute approximate surface area is 170 Å². The molecule has 3 rings (SSSR count). The molecule has 1 aliphatic rings. The normalized spacial score (nSPS) is 15.3. The van der Waals surface area contributed by atoms with Gasteiger partial charge in [0.2, 0.25) is 0 Å². The predicted molar refractivity (Wildman–Crippen MR) is 111 cm³/mol. The molecule has 0 radical (unpaired) electrons. The number of halogens is 2. The average molecular weight is 426 g/mol. The highest BCUT2D eigenvalue weighted by molar-refractivity contribution is 8.26. The number of hydrogen-bond donors (Lipinski definition) is 1. The van der Waals surface area contributed by atoms with Crippen molar-refractivity contribution in [1.29, 1.82) is 0 Å². The smallest absolute Gasteiger partial charge is 0.263 e. The molecule has 1 amide bonds. The summed E-state index contributed by atoms with van der Waals surface area (Å²) in [7, 11) is 3.11. The van der Waals surface area contributed by atoms with Gasteiger partial charge in [0.05, 0.1) is 24.1 Å². The number of carbonyl (C=O) groups excluding carboxylic acids is 1. The number of amides is 1. The van der Waals surface area contributed by atoms with Crippen LogP contribution in [-0.2, 0) is 4.79 Å². The lowest BCUT2D eigenvalue weighted by Gasteiger charge is -2.15. The van der Waals surface area contributed by atoms with E-state index in [9.17, 15) is 4.79 Å². The lowest BCUT2D eigenvalue weighted by Crippen LogP contribution is -2.17. The fourth-order valence-corrected chi connectivity index (χ4v) is 4.10. The van der Waals surface area contributed by atoms with E-state index in [4.69, 9.17) is 44.9 Å². The third kappa shape index (κ3) is 3.83. The zero-order valence-electron chi connectivity index (χ0n) is 13.8. The first-order valence-electron chi connectivity index (χ1n) is 7.39. The number of nitrogens with one attached hydrogen (secondary N) is 1. The minimum Gasteiger partial charge on any atom is -0.493 e. The fourth-order valence-electron chi connectivity index (χ4n) is 2.55. The molecular formula is C18H13Cl2NO3S2. The lowest BCUT2D eigenvalue weighted by atomic mass is 10.0. The minimum absolute atomic E-state index is 0.221. The summed E-state index contributed by atoms with van der Waals surface area (Å²) in [6.45, 7) is 0. The maximum Gasteiger partial charge on any atom is 0.263 e. The van der Waals surface area contributed by atoms with E-state index < -0.39 is 0 Å². The van der Waals surface area contributed by atoms with Gasteiger partial charge in [-0.05, 0) is 35.9 Å². The Morgan fingerprint density at radius 3 is 2.46 bits per heavy atom. The van der Waals surface area contributed by atoms with Gasteiger partial charge >= 0.3 is 0 Å². The quantitative estimate of drug-likeness (QED) is 0.540. The maximum atomic E-state index is 11.9. The van der Waals surface area contributed by atoms with Gasteiger partial charge in [-0.3, -0.25) is 4.79 Å². The Kier molecular flexibility index (Phi) is 5.77. The number of thiocarbonyl (C=S) groups is 1. The number of methoxy groups -OCH3 is 2. The molecule has 1 saturated heterocycles. The van der Waals surface area contributed by atoms with Crippen LogP contribution in [0.2, 0.25) is 10.0 Å². The van der Waals surface area contributed by atoms with Crippen LogP contribution >= 0.6 is 47.2 Å². The molecule has 1 heterocycles. The second kappa shape index (κ2) is 7.88. The second-order valence-electron chi connectivity index (χ2n) is 5.28. The summed E-state index contributed by atoms with van der Waals surface area (Å²) in [5.74, 6) is 0.840. The molecular weight excluding hydrogens is 413 g/mol. The Balaban J connectivity index is 2.18. The first kappa shape index (κ1) is 19.0. The van der Waals surface area contributed by atoms with Crippen LogP contribution in [0.3, 0.4) is 0 Å². The van der Waals surface area contributed by atoms with Crippen molar-refractivity contribution in [3.05, 3.63) is 50.8 Å². The summed E-state index contributed by atoms with van der Waals surface area (Å²) in [4.78, 5) is 12.4. The number of ether oxygens (including phenoxy) is 2. The summed E-state index contributed by atoms with van der Waals surface area (Å²) in [5.41, 5.74) is 2.22. The highest BCUT2D eigenvalue weighted by Crippen LogP contribution is 2.43. The van der Waals surface area contributed by atoms with Gasteiger partial charge in [0, 0.05) is 16.1 Å². The average Bonchev–Trinajstić information content (AvgIpc) is 2.91. The molecule has 1 fully saturated rings. The summed E-state index contributed by atoms with van der Waals surface area (Å²) < 4.78 is 11.4. The largest absolute Gasteiger partial charge is 0.493 e. The van der Waals surface area contributed by atoms with Gasteiger partial charge in [0.1, 0.15) is 4.32 Å². The maximum absolute atomic E-state index is 11.9. The molecule has 4 nitrogen and oxygen atoms in total. The Bertz CT molecular complexity index is 944. The minimum atomic E-state index is -0.221. The summed E-state index contributed by atoms with van der Waals surface area (Å²) in [6, 6.07) is 8.88. The predicted octanol–water partition coefficient (Wildman–Crippen LogP) is 5.17. The van der Waals surface area contributed by atoms with Crippen molar-refractivity contribution in [2.24, 2.45) is 0 Å². The lowest BCUT2D eigenvalue weighted by molar-refractivity contribution is -0.115. The Hall–Kier alpha value is -1.73. The van der Waals surface area contributed by atoms with Crippen molar-refractivity contribution in [2.45, 2.75) is 0 Å². The molecule has 0 unspecified atom stereocenters. The molecule has 2 aromatic carbocycles. The molecule has 0 spiro atoms. The molecule has 0 aliphatic carbocycles. The van der Waals surface area contributed by atoms with Gasteiger partial charge in [-0.15, -0.1) is 0 Å². The van der Waals surface area contributed by atoms with Crippen LogP contribution in [0.15, 0.2) is 35.2 Å². The van der Waals surface area contributed by atoms with Crippen LogP contribution < -0.4 is 14.8 Å². The molecule has 0 bridgehead atoms. The number of thioether (sulfide) groups is 1. The van der Waals surface area contributed by atoms with Gasteiger partial charge in [0.15, 0.2) is 11.5 Å². The Morgan fingerprint density at radius 2 is 1.88 bits per heavy atom. The molecule has 134 valence electrons. The molecule has 0 atom stereocenters. The van der Waals surface area contributed by atoms with E-state index >= 15 is 0 Å². The van der Waals surface area contributed by atoms with Gasteiger partial charge in [-0.2, -0.15) is 0 Å². The van der Waals surface area contributed by atoms with Gasteiger partial charge < -0.3 is 14.8 Å². The molecule has 26 heavy (non-hydrogen) atoms. The van der Waals surface area contributed by atoms with Crippen LogP contribution in [0.1, 0.15) is 5.56 Å². The van der Waals surface area contributed by atoms with Crippen molar-refractivity contribution >= 4 is 63.5 Å². The number of hydrogen-bond acceptors (Lipinski definition) is 5. The third-order valence-electron chi connectivity index (χ3n) is 3.66. The van der Waals surface area contributed by atoms with Crippen molar-refractivity contribution in [3.63, 3.8) is 0 Å². The zero-order chi connectivity index (χ0) is 18.8. The molecule has 2 aromatic rings. The van der Waals surface area contributed by atoms with E-state index in [1.54, 1.807) is 38.5 Å². The third-order valence-corrected chi connectivity index (χ3v) is 5.37. The van der Waals surface area contributed by atoms with Crippen molar-refractivity contribution < 1.29 is 14.3 Å². The molecule has 8 heteroatoms. The molecule has 1 N–H and O–H groups in total. The monoisotopic (exact) mass is 425 g/mol. The van der Waals surface area contributed by atoms with E-state index in [0.29, 0.717) is 30.8 Å². The summed E-state index contributed by atoms with van der Waals surface area (Å²) >= 11 is 18.6. The summed E-state index contributed by atoms with van der Waals surface area (Å²) in [6.07, 6.45) is 1.74. The zero-order valence-corrected chi connectivity index (χ0v) is 16.9. The van der Waals surface area contributed by atoms with E-state index in [-0.39, 0.29) is 5.91 Å². The van der Waals surface area contributed by atoms with Crippen LogP contribution in [0.25, 0.3) is 17.2 Å². The molecule has 1 aliphatic heterocycles. The SMILES string of the molecule is COc1cc(C=C2SC(=S)NC2=O)cc(-c2ccc(Cl)cc2Cl)c1OC. The van der Waals surface area contributed by atoms with Gasteiger partial charge in [-0.1, -0.05) is 53.2 Å². The topological polar surface area (TPSA) is 47.6 Å². The van der Waals surface area contributed by atoms with E-state index in [2.05, 4.69) is 5.32 Å². The summed E-state index contributed by atoms with van der Waals surface area (Å²) in [5, 5.41) is 3.62. The number of carbonyl (C=O) groups is 1. The molecule has 0 aromatic heterocycles. The molecule has 0 saturated carbocycles. The highest BCUT2D eigenvalue weighted by Gasteiger charge is 2.23. The van der Waals surface area contributed by atoms with Gasteiger partial charge in [0.25, 0.3) is 5.91 Å². The highest BCUT2D eigenvalue weighted by atomic mass is 35.5. The van der Waals surface area contributed by atoms with Crippen molar-refractivity contribution in [2.75, 3.05) is 14.2 Å². The fraction of sp³-hybridized carbons (Fsp3) is 0.111. The second-order valence-corrected chi connectivity index (χ2v) is 7.84. The first-order chi connectivity index (χ1) is 12.4. The standard InChI is InChI=1S/C18H13Cl2NO3S2/c1-23-14-6-9(7-15-17(22)21-18(25)26-15)5-12(16(14)24-2)11-4-3-10(19)8-13(11)20/h3-8H,1-2H3,(H,21,22,25). The van der Waals surface area contributed by atoms with Crippen molar-refractivity contribution in [3.8, 4) is 22.6 Å². The van der Waals surface area contributed by atoms with E-state index in [1.165, 1.54) is 11.8 Å². The Morgan fingerprint density at radius 1 is 1.12 bits per heavy atom. The van der Waals surface area contributed by atoms with Crippen LogP contribution in [0.5, 0.6) is 11.5 Å². The number of rotatable bonds is 4. The first-order valence-corrected chi connectivity index (χ1v) is 9.37. The van der Waals surface area contributed by atoms with E-state index in [1.807, 2.05) is 12.1 Å². The van der Waals surface area contributed by atoms with E-state index in [0.717, 1.165) is 16.7 Å². The van der Waals surface area contributed by atoms with Crippen LogP contribution in [-0.4, -0.2) is 24.4 Å². The van der Waals surface area contributed by atoms with Crippen molar-refractivity contribution in [1.82, 2.24) is 5.32 Å². The van der Waals surface area contributed by atoms with Gasteiger partial charge in [-0.25, -0.2) is 0 Å². The number of benzene rings is 2. The van der Waals surface area contributed by atoms with Crippen LogP contribution in [0.4, 0.5) is 0 Å².